The predicted molar refractivity (Wildman–Crippen MR) is 90.5 cm³/mol. The van der Waals surface area contributed by atoms with Crippen LogP contribution >= 0.6 is 0 Å². The molecule has 0 aliphatic heterocycles. The van der Waals surface area contributed by atoms with Crippen molar-refractivity contribution in [3.8, 4) is 0 Å². The molecule has 2 atom stereocenters. The molecule has 1 aromatic rings. The molecule has 138 valence electrons. The van der Waals surface area contributed by atoms with Crippen LogP contribution in [-0.4, -0.2) is 63.8 Å². The summed E-state index contributed by atoms with van der Waals surface area (Å²) in [6.45, 7) is 2.82. The van der Waals surface area contributed by atoms with Crippen LogP contribution in [0.15, 0.2) is 12.7 Å². The molecule has 2 amide bonds. The molecule has 0 unspecified atom stereocenters. The highest BCUT2D eigenvalue weighted by molar-refractivity contribution is 5.84. The van der Waals surface area contributed by atoms with Crippen molar-refractivity contribution in [1.29, 1.82) is 0 Å². The van der Waals surface area contributed by atoms with Crippen LogP contribution in [0.25, 0.3) is 0 Å². The van der Waals surface area contributed by atoms with Crippen molar-refractivity contribution >= 4 is 11.8 Å². The van der Waals surface area contributed by atoms with E-state index in [1.165, 1.54) is 30.2 Å². The van der Waals surface area contributed by atoms with Gasteiger partial charge < -0.3 is 15.0 Å². The average Bonchev–Trinajstić information content (AvgIpc) is 3.28. The molecular weight excluding hydrogens is 322 g/mol. The van der Waals surface area contributed by atoms with Gasteiger partial charge in [0.1, 0.15) is 19.2 Å². The number of carbonyl (C=O) groups is 2. The van der Waals surface area contributed by atoms with Gasteiger partial charge in [-0.15, -0.1) is 0 Å². The fraction of sp³-hybridized carbons (Fsp3) is 0.765. The number of aromatic nitrogens is 3. The fourth-order valence-electron chi connectivity index (χ4n) is 4.38. The van der Waals surface area contributed by atoms with Gasteiger partial charge in [-0.25, -0.2) is 9.67 Å². The zero-order chi connectivity index (χ0) is 17.9. The van der Waals surface area contributed by atoms with Crippen molar-refractivity contribution < 1.29 is 14.3 Å². The third-order valence-electron chi connectivity index (χ3n) is 5.71. The number of hydrogen-bond donors (Lipinski definition) is 1. The summed E-state index contributed by atoms with van der Waals surface area (Å²) in [4.78, 5) is 30.0. The summed E-state index contributed by atoms with van der Waals surface area (Å²) in [5.74, 6) is -0.304. The van der Waals surface area contributed by atoms with E-state index in [1.807, 2.05) is 18.9 Å². The molecule has 0 radical (unpaired) electrons. The first-order chi connectivity index (χ1) is 12.1. The van der Waals surface area contributed by atoms with E-state index in [0.717, 1.165) is 25.9 Å². The Morgan fingerprint density at radius 1 is 1.40 bits per heavy atom. The summed E-state index contributed by atoms with van der Waals surface area (Å²) in [5.41, 5.74) is 0.116. The molecular formula is C17H27N5O3. The molecule has 1 spiro atoms. The summed E-state index contributed by atoms with van der Waals surface area (Å²) in [6, 6.07) is 0.214. The SMILES string of the molecule is CCO[C@H]1C[C@H](N(C)C(=O)CNC(=O)Cn2cncn2)C12CCCC2. The number of nitrogens with one attached hydrogen (secondary N) is 1. The largest absolute Gasteiger partial charge is 0.378 e. The van der Waals surface area contributed by atoms with Crippen molar-refractivity contribution in [3.05, 3.63) is 12.7 Å². The Morgan fingerprint density at radius 3 is 2.80 bits per heavy atom. The highest BCUT2D eigenvalue weighted by Gasteiger charge is 2.58. The van der Waals surface area contributed by atoms with E-state index in [1.54, 1.807) is 0 Å². The first kappa shape index (κ1) is 17.8. The maximum Gasteiger partial charge on any atom is 0.242 e. The van der Waals surface area contributed by atoms with Gasteiger partial charge in [-0.1, -0.05) is 12.8 Å². The zero-order valence-corrected chi connectivity index (χ0v) is 15.0. The molecule has 8 heteroatoms. The van der Waals surface area contributed by atoms with Crippen LogP contribution in [-0.2, 0) is 20.9 Å². The van der Waals surface area contributed by atoms with E-state index in [9.17, 15) is 9.59 Å². The highest BCUT2D eigenvalue weighted by Crippen LogP contribution is 2.56. The van der Waals surface area contributed by atoms with E-state index >= 15 is 0 Å². The van der Waals surface area contributed by atoms with E-state index < -0.39 is 0 Å². The normalized spacial score (nSPS) is 24.1. The van der Waals surface area contributed by atoms with Crippen molar-refractivity contribution in [2.45, 2.75) is 57.7 Å². The van der Waals surface area contributed by atoms with E-state index in [2.05, 4.69) is 15.4 Å². The number of ether oxygens (including phenoxy) is 1. The number of carbonyl (C=O) groups excluding carboxylic acids is 2. The molecule has 0 saturated heterocycles. The lowest BCUT2D eigenvalue weighted by molar-refractivity contribution is -0.172. The number of rotatable bonds is 7. The van der Waals surface area contributed by atoms with Crippen LogP contribution in [0.5, 0.6) is 0 Å². The van der Waals surface area contributed by atoms with Gasteiger partial charge >= 0.3 is 0 Å². The Morgan fingerprint density at radius 2 is 2.16 bits per heavy atom. The Labute approximate surface area is 147 Å². The Kier molecular flexibility index (Phi) is 5.36. The average molecular weight is 349 g/mol. The fourth-order valence-corrected chi connectivity index (χ4v) is 4.38. The third-order valence-corrected chi connectivity index (χ3v) is 5.71. The van der Waals surface area contributed by atoms with Crippen LogP contribution in [0, 0.1) is 5.41 Å². The van der Waals surface area contributed by atoms with Gasteiger partial charge in [0, 0.05) is 25.1 Å². The minimum atomic E-state index is -0.247. The summed E-state index contributed by atoms with van der Waals surface area (Å²) in [5, 5.41) is 6.55. The van der Waals surface area contributed by atoms with Gasteiger partial charge in [0.25, 0.3) is 0 Å². The lowest BCUT2D eigenvalue weighted by atomic mass is 9.60. The van der Waals surface area contributed by atoms with Crippen LogP contribution in [0.4, 0.5) is 0 Å². The number of amides is 2. The second kappa shape index (κ2) is 7.51. The van der Waals surface area contributed by atoms with Crippen molar-refractivity contribution in [1.82, 2.24) is 25.0 Å². The second-order valence-corrected chi connectivity index (χ2v) is 7.01. The molecule has 3 rings (SSSR count). The monoisotopic (exact) mass is 349 g/mol. The summed E-state index contributed by atoms with van der Waals surface area (Å²) >= 11 is 0. The third kappa shape index (κ3) is 3.53. The molecule has 2 aliphatic carbocycles. The molecule has 0 bridgehead atoms. The Balaban J connectivity index is 1.51. The summed E-state index contributed by atoms with van der Waals surface area (Å²) in [7, 11) is 1.85. The first-order valence-corrected chi connectivity index (χ1v) is 9.03. The number of likely N-dealkylation sites (N-methyl/N-ethyl adjacent to an activating group) is 1. The topological polar surface area (TPSA) is 89.4 Å². The second-order valence-electron chi connectivity index (χ2n) is 7.01. The molecule has 8 nitrogen and oxygen atoms in total. The molecule has 2 fully saturated rings. The maximum absolute atomic E-state index is 12.5. The maximum atomic E-state index is 12.5. The van der Waals surface area contributed by atoms with Gasteiger partial charge in [0.05, 0.1) is 12.6 Å². The predicted octanol–water partition coefficient (Wildman–Crippen LogP) is 0.591. The lowest BCUT2D eigenvalue weighted by Crippen LogP contribution is -2.64. The van der Waals surface area contributed by atoms with Gasteiger partial charge in [0.15, 0.2) is 0 Å². The lowest BCUT2D eigenvalue weighted by Gasteiger charge is -2.57. The van der Waals surface area contributed by atoms with Gasteiger partial charge in [0.2, 0.25) is 11.8 Å². The van der Waals surface area contributed by atoms with Gasteiger partial charge in [-0.2, -0.15) is 5.10 Å². The van der Waals surface area contributed by atoms with Gasteiger partial charge in [-0.05, 0) is 26.2 Å². The molecule has 1 aromatic heterocycles. The zero-order valence-electron chi connectivity index (χ0n) is 15.0. The van der Waals surface area contributed by atoms with Crippen molar-refractivity contribution in [3.63, 3.8) is 0 Å². The summed E-state index contributed by atoms with van der Waals surface area (Å²) in [6.07, 6.45) is 8.66. The minimum Gasteiger partial charge on any atom is -0.378 e. The molecule has 1 heterocycles. The van der Waals surface area contributed by atoms with Crippen LogP contribution < -0.4 is 5.32 Å². The summed E-state index contributed by atoms with van der Waals surface area (Å²) < 4.78 is 7.34. The molecule has 2 aliphatic rings. The molecule has 2 saturated carbocycles. The Bertz CT molecular complexity index is 597. The van der Waals surface area contributed by atoms with E-state index in [-0.39, 0.29) is 42.5 Å². The molecule has 25 heavy (non-hydrogen) atoms. The van der Waals surface area contributed by atoms with Crippen LogP contribution in [0.2, 0.25) is 0 Å². The Hall–Kier alpha value is -1.96. The molecule has 0 aromatic carbocycles. The van der Waals surface area contributed by atoms with E-state index in [0.29, 0.717) is 0 Å². The van der Waals surface area contributed by atoms with Crippen molar-refractivity contribution in [2.75, 3.05) is 20.2 Å². The number of hydrogen-bond acceptors (Lipinski definition) is 5. The quantitative estimate of drug-likeness (QED) is 0.778. The highest BCUT2D eigenvalue weighted by atomic mass is 16.5. The van der Waals surface area contributed by atoms with E-state index in [4.69, 9.17) is 4.74 Å². The standard InChI is InChI=1S/C17H27N5O3/c1-3-25-14-8-13(17(14)6-4-5-7-17)21(2)16(24)9-19-15(23)10-22-12-18-11-20-22/h11-14H,3-10H2,1-2H3,(H,19,23)/t13-,14-/m0/s1. The van der Waals surface area contributed by atoms with Crippen molar-refractivity contribution in [2.24, 2.45) is 5.41 Å². The first-order valence-electron chi connectivity index (χ1n) is 9.03. The van der Waals surface area contributed by atoms with Crippen LogP contribution in [0.3, 0.4) is 0 Å². The molecule has 1 N–H and O–H groups in total. The smallest absolute Gasteiger partial charge is 0.242 e. The van der Waals surface area contributed by atoms with Crippen LogP contribution in [0.1, 0.15) is 39.0 Å². The number of nitrogens with zero attached hydrogens (tertiary/aromatic N) is 4. The van der Waals surface area contributed by atoms with Gasteiger partial charge in [-0.3, -0.25) is 9.59 Å². The minimum absolute atomic E-state index is 0.00983.